The Hall–Kier alpha value is -1.06. The van der Waals surface area contributed by atoms with E-state index in [9.17, 15) is 9.59 Å². The molecule has 0 aromatic heterocycles. The van der Waals surface area contributed by atoms with Crippen LogP contribution in [0.1, 0.15) is 47.0 Å². The number of nitrogens with one attached hydrogen (secondary N) is 1. The van der Waals surface area contributed by atoms with Gasteiger partial charge >= 0.3 is 0 Å². The molecule has 0 spiro atoms. The lowest BCUT2D eigenvalue weighted by Crippen LogP contribution is -2.45. The third-order valence-electron chi connectivity index (χ3n) is 3.22. The van der Waals surface area contributed by atoms with E-state index < -0.39 is 0 Å². The van der Waals surface area contributed by atoms with Crippen LogP contribution >= 0.6 is 0 Å². The maximum absolute atomic E-state index is 12.1. The van der Waals surface area contributed by atoms with Crippen molar-refractivity contribution >= 4 is 11.8 Å². The van der Waals surface area contributed by atoms with Gasteiger partial charge in [0.2, 0.25) is 11.8 Å². The molecule has 17 heavy (non-hydrogen) atoms. The molecule has 1 rings (SSSR count). The first-order chi connectivity index (χ1) is 7.91. The number of nitrogens with zero attached hydrogens (tertiary/aromatic N) is 1. The van der Waals surface area contributed by atoms with Crippen LogP contribution in [0.3, 0.4) is 0 Å². The van der Waals surface area contributed by atoms with Gasteiger partial charge in [-0.1, -0.05) is 13.8 Å². The number of carbonyl (C=O) groups is 2. The minimum Gasteiger partial charge on any atom is -0.345 e. The molecule has 0 aromatic rings. The van der Waals surface area contributed by atoms with Crippen molar-refractivity contribution in [1.82, 2.24) is 10.2 Å². The lowest BCUT2D eigenvalue weighted by atomic mass is 10.1. The van der Waals surface area contributed by atoms with Crippen molar-refractivity contribution in [2.24, 2.45) is 5.92 Å². The largest absolute Gasteiger partial charge is 0.345 e. The second-order valence-electron chi connectivity index (χ2n) is 5.41. The van der Waals surface area contributed by atoms with Gasteiger partial charge in [0, 0.05) is 19.0 Å². The number of amides is 2. The summed E-state index contributed by atoms with van der Waals surface area (Å²) >= 11 is 0. The normalized spacial score (nSPS) is 26.1. The minimum atomic E-state index is -0.383. The summed E-state index contributed by atoms with van der Waals surface area (Å²) in [4.78, 5) is 25.4. The van der Waals surface area contributed by atoms with Crippen LogP contribution in [0.25, 0.3) is 0 Å². The van der Waals surface area contributed by atoms with Gasteiger partial charge in [-0.2, -0.15) is 0 Å². The van der Waals surface area contributed by atoms with E-state index in [2.05, 4.69) is 19.2 Å². The SMILES string of the molecule is CC(C)CCCN1C(=O)C(C)NC(=O)CC1C. The van der Waals surface area contributed by atoms with Crippen LogP contribution in [0.15, 0.2) is 0 Å². The van der Waals surface area contributed by atoms with Crippen molar-refractivity contribution in [3.05, 3.63) is 0 Å². The fraction of sp³-hybridized carbons (Fsp3) is 0.846. The molecule has 2 atom stereocenters. The molecule has 0 aliphatic carbocycles. The number of rotatable bonds is 4. The van der Waals surface area contributed by atoms with Gasteiger partial charge in [-0.25, -0.2) is 0 Å². The molecule has 1 saturated heterocycles. The zero-order valence-corrected chi connectivity index (χ0v) is 11.3. The molecule has 1 fully saturated rings. The Morgan fingerprint density at radius 2 is 2.00 bits per heavy atom. The molecule has 0 aromatic carbocycles. The Bertz CT molecular complexity index is 289. The van der Waals surface area contributed by atoms with Crippen molar-refractivity contribution in [2.45, 2.75) is 59.0 Å². The molecule has 1 heterocycles. The fourth-order valence-electron chi connectivity index (χ4n) is 2.21. The number of hydrogen-bond acceptors (Lipinski definition) is 2. The summed E-state index contributed by atoms with van der Waals surface area (Å²) in [6.45, 7) is 8.83. The van der Waals surface area contributed by atoms with E-state index in [1.165, 1.54) is 0 Å². The molecule has 0 bridgehead atoms. The van der Waals surface area contributed by atoms with Gasteiger partial charge in [-0.3, -0.25) is 9.59 Å². The van der Waals surface area contributed by atoms with Crippen LogP contribution in [0.2, 0.25) is 0 Å². The molecule has 2 amide bonds. The molecule has 4 nitrogen and oxygen atoms in total. The standard InChI is InChI=1S/C13H24N2O2/c1-9(2)6-5-7-15-10(3)8-12(16)14-11(4)13(15)17/h9-11H,5-8H2,1-4H3,(H,14,16). The summed E-state index contributed by atoms with van der Waals surface area (Å²) in [6, 6.07) is -0.369. The van der Waals surface area contributed by atoms with Gasteiger partial charge in [-0.15, -0.1) is 0 Å². The predicted molar refractivity (Wildman–Crippen MR) is 67.5 cm³/mol. The van der Waals surface area contributed by atoms with E-state index in [1.807, 2.05) is 11.8 Å². The van der Waals surface area contributed by atoms with Gasteiger partial charge in [0.15, 0.2) is 0 Å². The van der Waals surface area contributed by atoms with Crippen LogP contribution in [-0.2, 0) is 9.59 Å². The van der Waals surface area contributed by atoms with Crippen LogP contribution in [-0.4, -0.2) is 35.3 Å². The minimum absolute atomic E-state index is 0.0135. The zero-order chi connectivity index (χ0) is 13.0. The van der Waals surface area contributed by atoms with E-state index in [1.54, 1.807) is 6.92 Å². The van der Waals surface area contributed by atoms with E-state index in [-0.39, 0.29) is 23.9 Å². The molecule has 98 valence electrons. The van der Waals surface area contributed by atoms with Gasteiger partial charge in [-0.05, 0) is 32.6 Å². The third kappa shape index (κ3) is 4.02. The predicted octanol–water partition coefficient (Wildman–Crippen LogP) is 1.55. The second kappa shape index (κ2) is 6.03. The average Bonchev–Trinajstić information content (AvgIpc) is 2.29. The van der Waals surface area contributed by atoms with Crippen LogP contribution in [0, 0.1) is 5.92 Å². The summed E-state index contributed by atoms with van der Waals surface area (Å²) in [7, 11) is 0. The summed E-state index contributed by atoms with van der Waals surface area (Å²) in [5, 5.41) is 2.72. The highest BCUT2D eigenvalue weighted by molar-refractivity contribution is 5.90. The molecule has 1 aliphatic rings. The monoisotopic (exact) mass is 240 g/mol. The van der Waals surface area contributed by atoms with E-state index in [0.29, 0.717) is 12.3 Å². The Morgan fingerprint density at radius 3 is 2.59 bits per heavy atom. The molecule has 2 unspecified atom stereocenters. The fourth-order valence-corrected chi connectivity index (χ4v) is 2.21. The van der Waals surface area contributed by atoms with Gasteiger partial charge in [0.05, 0.1) is 0 Å². The van der Waals surface area contributed by atoms with Gasteiger partial charge in [0.1, 0.15) is 6.04 Å². The van der Waals surface area contributed by atoms with Gasteiger partial charge < -0.3 is 10.2 Å². The lowest BCUT2D eigenvalue weighted by Gasteiger charge is -2.28. The summed E-state index contributed by atoms with van der Waals surface area (Å²) in [6.07, 6.45) is 2.54. The van der Waals surface area contributed by atoms with Crippen molar-refractivity contribution in [2.75, 3.05) is 6.54 Å². The Kier molecular flexibility index (Phi) is 4.97. The number of hydrogen-bond donors (Lipinski definition) is 1. The zero-order valence-electron chi connectivity index (χ0n) is 11.3. The van der Waals surface area contributed by atoms with Crippen molar-refractivity contribution in [1.29, 1.82) is 0 Å². The Balaban J connectivity index is 2.59. The second-order valence-corrected chi connectivity index (χ2v) is 5.41. The Morgan fingerprint density at radius 1 is 1.35 bits per heavy atom. The summed E-state index contributed by atoms with van der Waals surface area (Å²) < 4.78 is 0. The van der Waals surface area contributed by atoms with Crippen molar-refractivity contribution < 1.29 is 9.59 Å². The summed E-state index contributed by atoms with van der Waals surface area (Å²) in [5.41, 5.74) is 0. The van der Waals surface area contributed by atoms with Crippen molar-refractivity contribution in [3.63, 3.8) is 0 Å². The molecule has 4 heteroatoms. The molecule has 0 radical (unpaired) electrons. The molecule has 1 N–H and O–H groups in total. The maximum atomic E-state index is 12.1. The first kappa shape index (κ1) is 14.0. The smallest absolute Gasteiger partial charge is 0.245 e. The van der Waals surface area contributed by atoms with Crippen molar-refractivity contribution in [3.8, 4) is 0 Å². The lowest BCUT2D eigenvalue weighted by molar-refractivity contribution is -0.134. The quantitative estimate of drug-likeness (QED) is 0.810. The molecular formula is C13H24N2O2. The first-order valence-corrected chi connectivity index (χ1v) is 6.51. The van der Waals surface area contributed by atoms with Gasteiger partial charge in [0.25, 0.3) is 0 Å². The van der Waals surface area contributed by atoms with Crippen LogP contribution < -0.4 is 5.32 Å². The third-order valence-corrected chi connectivity index (χ3v) is 3.22. The van der Waals surface area contributed by atoms with E-state index >= 15 is 0 Å². The molecule has 0 saturated carbocycles. The highest BCUT2D eigenvalue weighted by Crippen LogP contribution is 2.13. The van der Waals surface area contributed by atoms with Crippen LogP contribution in [0.5, 0.6) is 0 Å². The molecule has 1 aliphatic heterocycles. The van der Waals surface area contributed by atoms with E-state index in [4.69, 9.17) is 0 Å². The maximum Gasteiger partial charge on any atom is 0.245 e. The van der Waals surface area contributed by atoms with Crippen LogP contribution in [0.4, 0.5) is 0 Å². The topological polar surface area (TPSA) is 49.4 Å². The van der Waals surface area contributed by atoms with E-state index in [0.717, 1.165) is 19.4 Å². The number of carbonyl (C=O) groups excluding carboxylic acids is 2. The first-order valence-electron chi connectivity index (χ1n) is 6.51. The molecular weight excluding hydrogens is 216 g/mol. The summed E-state index contributed by atoms with van der Waals surface area (Å²) in [5.74, 6) is 0.682. The highest BCUT2D eigenvalue weighted by atomic mass is 16.2. The Labute approximate surface area is 104 Å². The average molecular weight is 240 g/mol. The highest BCUT2D eigenvalue weighted by Gasteiger charge is 2.30.